The van der Waals surface area contributed by atoms with Crippen molar-refractivity contribution in [2.75, 3.05) is 11.1 Å². The van der Waals surface area contributed by atoms with Crippen molar-refractivity contribution in [3.63, 3.8) is 0 Å². The smallest absolute Gasteiger partial charge is 0.291 e. The van der Waals surface area contributed by atoms with E-state index in [-0.39, 0.29) is 16.7 Å². The topological polar surface area (TPSA) is 107 Å². The number of aromatic nitrogens is 3. The van der Waals surface area contributed by atoms with Crippen molar-refractivity contribution >= 4 is 27.1 Å². The molecule has 0 radical (unpaired) electrons. The third-order valence-electron chi connectivity index (χ3n) is 3.12. The molecule has 1 amide bonds. The predicted molar refractivity (Wildman–Crippen MR) is 82.0 cm³/mol. The first-order valence-corrected chi connectivity index (χ1v) is 8.59. The van der Waals surface area contributed by atoms with Crippen molar-refractivity contribution in [1.82, 2.24) is 14.6 Å². The molecule has 0 aromatic carbocycles. The first-order chi connectivity index (χ1) is 11.0. The van der Waals surface area contributed by atoms with Crippen LogP contribution >= 0.6 is 0 Å². The highest BCUT2D eigenvalue weighted by Gasteiger charge is 2.21. The first kappa shape index (κ1) is 15.2. The molecule has 0 saturated heterocycles. The lowest BCUT2D eigenvalue weighted by Gasteiger charge is -2.05. The Morgan fingerprint density at radius 3 is 2.83 bits per heavy atom. The van der Waals surface area contributed by atoms with Crippen LogP contribution in [-0.4, -0.2) is 34.7 Å². The lowest BCUT2D eigenvalue weighted by molar-refractivity contribution is 0.0996. The number of sulfone groups is 1. The molecule has 23 heavy (non-hydrogen) atoms. The number of pyridine rings is 1. The second-order valence-corrected chi connectivity index (χ2v) is 6.88. The minimum Gasteiger partial charge on any atom is -0.459 e. The number of rotatable bonds is 5. The molecule has 9 heteroatoms. The van der Waals surface area contributed by atoms with E-state index in [0.717, 1.165) is 0 Å². The normalized spacial score (nSPS) is 11.7. The quantitative estimate of drug-likeness (QED) is 0.762. The van der Waals surface area contributed by atoms with E-state index in [1.165, 1.54) is 22.9 Å². The third kappa shape index (κ3) is 2.95. The van der Waals surface area contributed by atoms with Crippen molar-refractivity contribution in [1.29, 1.82) is 0 Å². The van der Waals surface area contributed by atoms with Crippen molar-refractivity contribution in [2.24, 2.45) is 0 Å². The minimum atomic E-state index is -3.52. The summed E-state index contributed by atoms with van der Waals surface area (Å²) in [5.41, 5.74) is 0.794. The Bertz CT molecular complexity index is 944. The Kier molecular flexibility index (Phi) is 3.87. The van der Waals surface area contributed by atoms with E-state index in [1.807, 2.05) is 0 Å². The van der Waals surface area contributed by atoms with Crippen LogP contribution in [0.4, 0.5) is 5.69 Å². The summed E-state index contributed by atoms with van der Waals surface area (Å²) >= 11 is 0. The molecule has 0 unspecified atom stereocenters. The molecular formula is C14H14N4O4S. The molecule has 0 aliphatic rings. The number of nitrogens with zero attached hydrogens (tertiary/aromatic N) is 3. The van der Waals surface area contributed by atoms with Crippen LogP contribution in [0.3, 0.4) is 0 Å². The summed E-state index contributed by atoms with van der Waals surface area (Å²) in [5, 5.41) is 10.1. The van der Waals surface area contributed by atoms with Gasteiger partial charge in [0.2, 0.25) is 9.84 Å². The summed E-state index contributed by atoms with van der Waals surface area (Å²) in [6, 6.07) is 6.33. The predicted octanol–water partition coefficient (Wildman–Crippen LogP) is 1.76. The Morgan fingerprint density at radius 1 is 1.30 bits per heavy atom. The number of furan rings is 1. The van der Waals surface area contributed by atoms with Crippen LogP contribution in [-0.2, 0) is 9.84 Å². The van der Waals surface area contributed by atoms with Crippen LogP contribution in [0.15, 0.2) is 46.3 Å². The SMILES string of the molecule is CCCS(=O)(=O)c1nnc2ccc(NC(=O)c3ccco3)cn12. The highest BCUT2D eigenvalue weighted by Crippen LogP contribution is 2.16. The molecule has 3 aromatic rings. The van der Waals surface area contributed by atoms with Crippen LogP contribution in [0.25, 0.3) is 5.65 Å². The van der Waals surface area contributed by atoms with Gasteiger partial charge >= 0.3 is 0 Å². The summed E-state index contributed by atoms with van der Waals surface area (Å²) in [7, 11) is -3.52. The molecular weight excluding hydrogens is 320 g/mol. The molecule has 0 atom stereocenters. The van der Waals surface area contributed by atoms with Gasteiger partial charge in [-0.1, -0.05) is 6.92 Å². The lowest BCUT2D eigenvalue weighted by Crippen LogP contribution is -2.13. The molecule has 1 N–H and O–H groups in total. The molecule has 3 aromatic heterocycles. The number of carbonyl (C=O) groups is 1. The van der Waals surface area contributed by atoms with E-state index in [1.54, 1.807) is 25.1 Å². The van der Waals surface area contributed by atoms with Gasteiger partial charge < -0.3 is 9.73 Å². The standard InChI is InChI=1S/C14H14N4O4S/c1-2-8-23(20,21)14-17-16-12-6-5-10(9-18(12)14)15-13(19)11-4-3-7-22-11/h3-7,9H,2,8H2,1H3,(H,15,19). The first-order valence-electron chi connectivity index (χ1n) is 6.93. The van der Waals surface area contributed by atoms with E-state index >= 15 is 0 Å². The molecule has 3 rings (SSSR count). The molecule has 3 heterocycles. The number of carbonyl (C=O) groups excluding carboxylic acids is 1. The van der Waals surface area contributed by atoms with Crippen molar-refractivity contribution < 1.29 is 17.6 Å². The van der Waals surface area contributed by atoms with E-state index in [0.29, 0.717) is 17.8 Å². The van der Waals surface area contributed by atoms with Crippen molar-refractivity contribution in [2.45, 2.75) is 18.5 Å². The summed E-state index contributed by atoms with van der Waals surface area (Å²) in [6.45, 7) is 1.77. The number of anilines is 1. The maximum Gasteiger partial charge on any atom is 0.291 e. The van der Waals surface area contributed by atoms with Gasteiger partial charge in [-0.2, -0.15) is 0 Å². The number of fused-ring (bicyclic) bond motifs is 1. The minimum absolute atomic E-state index is 0.0171. The molecule has 0 aliphatic heterocycles. The van der Waals surface area contributed by atoms with Gasteiger partial charge in [0.05, 0.1) is 17.7 Å². The summed E-state index contributed by atoms with van der Waals surface area (Å²) in [6.07, 6.45) is 3.35. The maximum atomic E-state index is 12.2. The van der Waals surface area contributed by atoms with Gasteiger partial charge in [0.25, 0.3) is 11.1 Å². The Hall–Kier alpha value is -2.68. The molecule has 8 nitrogen and oxygen atoms in total. The lowest BCUT2D eigenvalue weighted by atomic mass is 10.3. The van der Waals surface area contributed by atoms with Crippen LogP contribution in [0, 0.1) is 0 Å². The van der Waals surface area contributed by atoms with E-state index in [9.17, 15) is 13.2 Å². The molecule has 0 fully saturated rings. The summed E-state index contributed by atoms with van der Waals surface area (Å²) < 4.78 is 30.8. The fraction of sp³-hybridized carbons (Fsp3) is 0.214. The fourth-order valence-corrected chi connectivity index (χ4v) is 3.45. The highest BCUT2D eigenvalue weighted by atomic mass is 32.2. The third-order valence-corrected chi connectivity index (χ3v) is 4.91. The Balaban J connectivity index is 1.96. The molecule has 0 aliphatic carbocycles. The van der Waals surface area contributed by atoms with E-state index in [2.05, 4.69) is 15.5 Å². The highest BCUT2D eigenvalue weighted by molar-refractivity contribution is 7.91. The van der Waals surface area contributed by atoms with Crippen LogP contribution in [0.2, 0.25) is 0 Å². The number of nitrogens with one attached hydrogen (secondary N) is 1. The Labute approximate surface area is 132 Å². The van der Waals surface area contributed by atoms with Gasteiger partial charge in [-0.15, -0.1) is 10.2 Å². The van der Waals surface area contributed by atoms with E-state index in [4.69, 9.17) is 4.42 Å². The molecule has 0 bridgehead atoms. The molecule has 0 saturated carbocycles. The average molecular weight is 334 g/mol. The zero-order chi connectivity index (χ0) is 16.4. The van der Waals surface area contributed by atoms with Crippen LogP contribution < -0.4 is 5.32 Å². The van der Waals surface area contributed by atoms with Gasteiger partial charge in [0.1, 0.15) is 0 Å². The maximum absolute atomic E-state index is 12.2. The second kappa shape index (κ2) is 5.84. The zero-order valence-corrected chi connectivity index (χ0v) is 13.1. The molecule has 0 spiro atoms. The van der Waals surface area contributed by atoms with Crippen molar-refractivity contribution in [3.05, 3.63) is 42.5 Å². The average Bonchev–Trinajstić information content (AvgIpc) is 3.16. The summed E-state index contributed by atoms with van der Waals surface area (Å²) in [4.78, 5) is 12.0. The monoisotopic (exact) mass is 334 g/mol. The Morgan fingerprint density at radius 2 is 2.13 bits per heavy atom. The molecule has 120 valence electrons. The number of hydrogen-bond donors (Lipinski definition) is 1. The zero-order valence-electron chi connectivity index (χ0n) is 12.3. The van der Waals surface area contributed by atoms with Gasteiger partial charge in [-0.3, -0.25) is 9.20 Å². The fourth-order valence-electron chi connectivity index (χ4n) is 2.12. The van der Waals surface area contributed by atoms with Gasteiger partial charge in [0, 0.05) is 6.20 Å². The second-order valence-electron chi connectivity index (χ2n) is 4.88. The van der Waals surface area contributed by atoms with Crippen LogP contribution in [0.5, 0.6) is 0 Å². The van der Waals surface area contributed by atoms with Crippen molar-refractivity contribution in [3.8, 4) is 0 Å². The van der Waals surface area contributed by atoms with Gasteiger partial charge in [0.15, 0.2) is 11.4 Å². The van der Waals surface area contributed by atoms with E-state index < -0.39 is 15.7 Å². The van der Waals surface area contributed by atoms with Gasteiger partial charge in [-0.25, -0.2) is 8.42 Å². The summed E-state index contributed by atoms with van der Waals surface area (Å²) in [5.74, 6) is -0.287. The van der Waals surface area contributed by atoms with Gasteiger partial charge in [-0.05, 0) is 30.7 Å². The number of amides is 1. The number of hydrogen-bond acceptors (Lipinski definition) is 6. The van der Waals surface area contributed by atoms with Crippen LogP contribution in [0.1, 0.15) is 23.9 Å². The largest absolute Gasteiger partial charge is 0.459 e.